The van der Waals surface area contributed by atoms with Gasteiger partial charge in [0.25, 0.3) is 0 Å². The van der Waals surface area contributed by atoms with Crippen LogP contribution in [0.2, 0.25) is 0 Å². The van der Waals surface area contributed by atoms with Crippen molar-refractivity contribution >= 4 is 11.8 Å². The zero-order chi connectivity index (χ0) is 10.5. The summed E-state index contributed by atoms with van der Waals surface area (Å²) < 4.78 is 0. The third kappa shape index (κ3) is 2.13. The number of isocyanates is 1. The average molecular weight is 197 g/mol. The molecule has 0 N–H and O–H groups in total. The van der Waals surface area contributed by atoms with E-state index in [-0.39, 0.29) is 0 Å². The lowest BCUT2D eigenvalue weighted by atomic mass is 10.2. The van der Waals surface area contributed by atoms with Crippen LogP contribution in [0.25, 0.3) is 11.3 Å². The van der Waals surface area contributed by atoms with Crippen LogP contribution in [0.4, 0.5) is 5.69 Å². The zero-order valence-corrected chi connectivity index (χ0v) is 7.79. The number of aliphatic imine (C=N–C) groups is 1. The van der Waals surface area contributed by atoms with Gasteiger partial charge in [-0.25, -0.2) is 4.79 Å². The van der Waals surface area contributed by atoms with Crippen molar-refractivity contribution in [1.29, 1.82) is 0 Å². The summed E-state index contributed by atoms with van der Waals surface area (Å²) in [5.41, 5.74) is 2.23. The quantitative estimate of drug-likeness (QED) is 0.547. The molecular formula is C11H7N3O. The summed E-state index contributed by atoms with van der Waals surface area (Å²) in [6.07, 6.45) is 6.42. The molecule has 2 rings (SSSR count). The van der Waals surface area contributed by atoms with Crippen LogP contribution in [0.1, 0.15) is 0 Å². The van der Waals surface area contributed by atoms with E-state index in [0.29, 0.717) is 5.69 Å². The van der Waals surface area contributed by atoms with E-state index >= 15 is 0 Å². The first-order chi connectivity index (χ1) is 7.40. The van der Waals surface area contributed by atoms with Gasteiger partial charge in [0.1, 0.15) is 0 Å². The predicted molar refractivity (Wildman–Crippen MR) is 55.2 cm³/mol. The van der Waals surface area contributed by atoms with Gasteiger partial charge in [-0.3, -0.25) is 9.97 Å². The fourth-order valence-electron chi connectivity index (χ4n) is 1.19. The summed E-state index contributed by atoms with van der Waals surface area (Å²) >= 11 is 0. The highest BCUT2D eigenvalue weighted by molar-refractivity contribution is 5.59. The maximum Gasteiger partial charge on any atom is 0.240 e. The molecule has 2 aromatic heterocycles. The van der Waals surface area contributed by atoms with Crippen molar-refractivity contribution in [2.24, 2.45) is 4.99 Å². The Bertz CT molecular complexity index is 487. The van der Waals surface area contributed by atoms with Gasteiger partial charge in [0.2, 0.25) is 6.08 Å². The Hall–Kier alpha value is -2.32. The molecule has 0 atom stereocenters. The molecule has 0 aliphatic carbocycles. The summed E-state index contributed by atoms with van der Waals surface area (Å²) in [5, 5.41) is 0. The Labute approximate surface area is 86.3 Å². The number of carbonyl (C=O) groups excluding carboxylic acids is 1. The van der Waals surface area contributed by atoms with Gasteiger partial charge in [-0.2, -0.15) is 4.99 Å². The second kappa shape index (κ2) is 4.26. The lowest BCUT2D eigenvalue weighted by molar-refractivity contribution is 0.565. The number of hydrogen-bond donors (Lipinski definition) is 0. The average Bonchev–Trinajstić information content (AvgIpc) is 2.32. The number of nitrogens with zero attached hydrogens (tertiary/aromatic N) is 3. The molecule has 0 radical (unpaired) electrons. The Balaban J connectivity index is 2.36. The summed E-state index contributed by atoms with van der Waals surface area (Å²) in [4.78, 5) is 21.6. The van der Waals surface area contributed by atoms with Gasteiger partial charge in [-0.05, 0) is 24.3 Å². The minimum atomic E-state index is 0.498. The molecule has 0 spiro atoms. The highest BCUT2D eigenvalue weighted by atomic mass is 16.1. The minimum Gasteiger partial charge on any atom is -0.264 e. The van der Waals surface area contributed by atoms with Crippen LogP contribution in [0, 0.1) is 0 Å². The highest BCUT2D eigenvalue weighted by Crippen LogP contribution is 2.17. The molecule has 0 unspecified atom stereocenters. The van der Waals surface area contributed by atoms with Gasteiger partial charge < -0.3 is 0 Å². The lowest BCUT2D eigenvalue weighted by Crippen LogP contribution is -1.82. The SMILES string of the molecule is O=C=Nc1ccc(-c2cccnc2)nc1. The molecule has 2 aromatic rings. The number of aromatic nitrogens is 2. The van der Waals surface area contributed by atoms with E-state index in [2.05, 4.69) is 15.0 Å². The van der Waals surface area contributed by atoms with Crippen LogP contribution in [0.15, 0.2) is 47.8 Å². The Morgan fingerprint density at radius 2 is 2.13 bits per heavy atom. The first kappa shape index (κ1) is 9.24. The summed E-state index contributed by atoms with van der Waals surface area (Å²) in [5.74, 6) is 0. The van der Waals surface area contributed by atoms with Crippen molar-refractivity contribution < 1.29 is 4.79 Å². The zero-order valence-electron chi connectivity index (χ0n) is 7.79. The molecule has 72 valence electrons. The summed E-state index contributed by atoms with van der Waals surface area (Å²) in [6, 6.07) is 7.25. The molecular weight excluding hydrogens is 190 g/mol. The van der Waals surface area contributed by atoms with E-state index in [1.165, 1.54) is 12.3 Å². The van der Waals surface area contributed by atoms with Crippen molar-refractivity contribution in [1.82, 2.24) is 9.97 Å². The largest absolute Gasteiger partial charge is 0.264 e. The molecule has 0 amide bonds. The minimum absolute atomic E-state index is 0.498. The molecule has 4 nitrogen and oxygen atoms in total. The van der Waals surface area contributed by atoms with E-state index < -0.39 is 0 Å². The van der Waals surface area contributed by atoms with Gasteiger partial charge >= 0.3 is 0 Å². The molecule has 0 bridgehead atoms. The van der Waals surface area contributed by atoms with E-state index in [4.69, 9.17) is 0 Å². The number of pyridine rings is 2. The van der Waals surface area contributed by atoms with Crippen molar-refractivity contribution in [2.45, 2.75) is 0 Å². The third-order valence-electron chi connectivity index (χ3n) is 1.88. The van der Waals surface area contributed by atoms with Gasteiger partial charge in [-0.1, -0.05) is 0 Å². The Morgan fingerprint density at radius 3 is 2.73 bits per heavy atom. The van der Waals surface area contributed by atoms with Crippen molar-refractivity contribution in [3.05, 3.63) is 42.9 Å². The van der Waals surface area contributed by atoms with Crippen LogP contribution in [0.5, 0.6) is 0 Å². The maximum atomic E-state index is 10.00. The molecule has 2 heterocycles. The third-order valence-corrected chi connectivity index (χ3v) is 1.88. The molecule has 15 heavy (non-hydrogen) atoms. The van der Waals surface area contributed by atoms with Crippen LogP contribution in [0.3, 0.4) is 0 Å². The fourth-order valence-corrected chi connectivity index (χ4v) is 1.19. The molecule has 4 heteroatoms. The van der Waals surface area contributed by atoms with E-state index in [1.54, 1.807) is 24.5 Å². The molecule has 0 aliphatic heterocycles. The highest BCUT2D eigenvalue weighted by Gasteiger charge is 1.98. The normalized spacial score (nSPS) is 9.33. The number of hydrogen-bond acceptors (Lipinski definition) is 4. The van der Waals surface area contributed by atoms with Gasteiger partial charge in [-0.15, -0.1) is 0 Å². The first-order valence-corrected chi connectivity index (χ1v) is 4.34. The van der Waals surface area contributed by atoms with Crippen molar-refractivity contribution in [3.63, 3.8) is 0 Å². The summed E-state index contributed by atoms with van der Waals surface area (Å²) in [6.45, 7) is 0. The van der Waals surface area contributed by atoms with Crippen molar-refractivity contribution in [2.75, 3.05) is 0 Å². The molecule has 0 aliphatic rings. The lowest BCUT2D eigenvalue weighted by Gasteiger charge is -1.98. The van der Waals surface area contributed by atoms with Crippen LogP contribution < -0.4 is 0 Å². The standard InChI is InChI=1S/C11H7N3O/c15-8-14-10-3-4-11(13-7-10)9-2-1-5-12-6-9/h1-7H. The summed E-state index contributed by atoms with van der Waals surface area (Å²) in [7, 11) is 0. The molecule has 0 aromatic carbocycles. The molecule has 0 saturated heterocycles. The molecule has 0 saturated carbocycles. The molecule has 0 fully saturated rings. The predicted octanol–water partition coefficient (Wildman–Crippen LogP) is 2.11. The van der Waals surface area contributed by atoms with Crippen LogP contribution >= 0.6 is 0 Å². The topological polar surface area (TPSA) is 55.2 Å². The van der Waals surface area contributed by atoms with Crippen LogP contribution in [-0.4, -0.2) is 16.0 Å². The van der Waals surface area contributed by atoms with E-state index in [1.807, 2.05) is 12.1 Å². The fraction of sp³-hybridized carbons (Fsp3) is 0. The monoisotopic (exact) mass is 197 g/mol. The van der Waals surface area contributed by atoms with Gasteiger partial charge in [0, 0.05) is 18.0 Å². The van der Waals surface area contributed by atoms with E-state index in [0.717, 1.165) is 11.3 Å². The second-order valence-corrected chi connectivity index (χ2v) is 2.85. The van der Waals surface area contributed by atoms with Crippen molar-refractivity contribution in [3.8, 4) is 11.3 Å². The van der Waals surface area contributed by atoms with Crippen LogP contribution in [-0.2, 0) is 4.79 Å². The Kier molecular flexibility index (Phi) is 2.63. The first-order valence-electron chi connectivity index (χ1n) is 4.34. The van der Waals surface area contributed by atoms with E-state index in [9.17, 15) is 4.79 Å². The van der Waals surface area contributed by atoms with Gasteiger partial charge in [0.05, 0.1) is 17.6 Å². The Morgan fingerprint density at radius 1 is 1.20 bits per heavy atom. The van der Waals surface area contributed by atoms with Gasteiger partial charge in [0.15, 0.2) is 0 Å². The smallest absolute Gasteiger partial charge is 0.240 e. The second-order valence-electron chi connectivity index (χ2n) is 2.85. The number of rotatable bonds is 2. The maximum absolute atomic E-state index is 10.00.